The van der Waals surface area contributed by atoms with Gasteiger partial charge in [0.05, 0.1) is 0 Å². The van der Waals surface area contributed by atoms with Gasteiger partial charge < -0.3 is 10.6 Å². The molecule has 0 aliphatic carbocycles. The molecule has 1 aromatic heterocycles. The first-order chi connectivity index (χ1) is 8.65. The third-order valence-electron chi connectivity index (χ3n) is 2.52. The zero-order chi connectivity index (χ0) is 13.0. The van der Waals surface area contributed by atoms with Crippen molar-refractivity contribution in [2.45, 2.75) is 13.8 Å². The van der Waals surface area contributed by atoms with Crippen LogP contribution in [0.1, 0.15) is 11.3 Å². The number of benzene rings is 1. The molecular formula is C14H15N3S. The summed E-state index contributed by atoms with van der Waals surface area (Å²) in [6.07, 6.45) is 0. The van der Waals surface area contributed by atoms with E-state index >= 15 is 0 Å². The highest BCUT2D eigenvalue weighted by atomic mass is 32.1. The molecule has 0 atom stereocenters. The van der Waals surface area contributed by atoms with Crippen molar-refractivity contribution in [3.05, 3.63) is 53.7 Å². The van der Waals surface area contributed by atoms with E-state index in [0.29, 0.717) is 5.11 Å². The zero-order valence-corrected chi connectivity index (χ0v) is 11.2. The van der Waals surface area contributed by atoms with Crippen molar-refractivity contribution in [3.8, 4) is 0 Å². The molecule has 0 aliphatic heterocycles. The summed E-state index contributed by atoms with van der Waals surface area (Å²) in [5, 5.41) is 6.77. The lowest BCUT2D eigenvalue weighted by atomic mass is 10.2. The van der Waals surface area contributed by atoms with E-state index in [-0.39, 0.29) is 0 Å². The maximum absolute atomic E-state index is 5.26. The Balaban J connectivity index is 2.03. The number of thiocarbonyl (C=S) groups is 1. The lowest BCUT2D eigenvalue weighted by Gasteiger charge is -2.11. The molecule has 92 valence electrons. The van der Waals surface area contributed by atoms with Gasteiger partial charge in [0.25, 0.3) is 0 Å². The minimum atomic E-state index is 0.544. The van der Waals surface area contributed by atoms with E-state index < -0.39 is 0 Å². The fraction of sp³-hybridized carbons (Fsp3) is 0.143. The Kier molecular flexibility index (Phi) is 3.89. The summed E-state index contributed by atoms with van der Waals surface area (Å²) >= 11 is 5.26. The molecule has 0 aliphatic rings. The van der Waals surface area contributed by atoms with Crippen LogP contribution in [0.15, 0.2) is 42.5 Å². The Labute approximate surface area is 112 Å². The number of aryl methyl sites for hydroxylation is 2. The lowest BCUT2D eigenvalue weighted by Crippen LogP contribution is -2.20. The van der Waals surface area contributed by atoms with E-state index in [0.717, 1.165) is 22.8 Å². The number of rotatable bonds is 2. The van der Waals surface area contributed by atoms with E-state index in [2.05, 4.69) is 15.6 Å². The van der Waals surface area contributed by atoms with Crippen LogP contribution in [0.3, 0.4) is 0 Å². The number of nitrogens with one attached hydrogen (secondary N) is 2. The van der Waals surface area contributed by atoms with Gasteiger partial charge in [0.15, 0.2) is 5.11 Å². The van der Waals surface area contributed by atoms with E-state index in [1.807, 2.05) is 56.3 Å². The van der Waals surface area contributed by atoms with E-state index in [1.165, 1.54) is 0 Å². The Bertz CT molecular complexity index is 566. The molecule has 3 nitrogen and oxygen atoms in total. The van der Waals surface area contributed by atoms with Gasteiger partial charge in [-0.1, -0.05) is 24.3 Å². The fourth-order valence-electron chi connectivity index (χ4n) is 1.60. The number of nitrogens with zero attached hydrogens (tertiary/aromatic N) is 1. The molecule has 0 spiro atoms. The summed E-state index contributed by atoms with van der Waals surface area (Å²) in [7, 11) is 0. The number of aromatic nitrogens is 1. The summed E-state index contributed by atoms with van der Waals surface area (Å²) in [4.78, 5) is 4.34. The lowest BCUT2D eigenvalue weighted by molar-refractivity contribution is 1.20. The predicted octanol–water partition coefficient (Wildman–Crippen LogP) is 3.51. The standard InChI is InChI=1S/C14H15N3S/c1-10-6-3-4-8-12(10)16-14(18)17-13-9-5-7-11(2)15-13/h3-9H,1-2H3,(H2,15,16,17,18). The second kappa shape index (κ2) is 5.60. The van der Waals surface area contributed by atoms with Gasteiger partial charge in [0.2, 0.25) is 0 Å². The molecule has 0 fully saturated rings. The largest absolute Gasteiger partial charge is 0.332 e. The number of anilines is 2. The molecule has 0 unspecified atom stereocenters. The van der Waals surface area contributed by atoms with Crippen molar-refractivity contribution in [2.75, 3.05) is 10.6 Å². The molecule has 2 N–H and O–H groups in total. The highest BCUT2D eigenvalue weighted by Crippen LogP contribution is 2.13. The molecule has 1 aromatic carbocycles. The topological polar surface area (TPSA) is 37.0 Å². The van der Waals surface area contributed by atoms with Crippen molar-refractivity contribution < 1.29 is 0 Å². The predicted molar refractivity (Wildman–Crippen MR) is 80.0 cm³/mol. The third-order valence-corrected chi connectivity index (χ3v) is 2.73. The van der Waals surface area contributed by atoms with Gasteiger partial charge >= 0.3 is 0 Å². The normalized spacial score (nSPS) is 9.89. The zero-order valence-electron chi connectivity index (χ0n) is 10.4. The quantitative estimate of drug-likeness (QED) is 0.807. The Morgan fingerprint density at radius 1 is 1.00 bits per heavy atom. The number of hydrogen-bond donors (Lipinski definition) is 2. The molecule has 1 heterocycles. The van der Waals surface area contributed by atoms with E-state index in [9.17, 15) is 0 Å². The monoisotopic (exact) mass is 257 g/mol. The van der Waals surface area contributed by atoms with Crippen molar-refractivity contribution in [1.29, 1.82) is 0 Å². The van der Waals surface area contributed by atoms with Gasteiger partial charge in [0, 0.05) is 11.4 Å². The van der Waals surface area contributed by atoms with Crippen LogP contribution >= 0.6 is 12.2 Å². The average molecular weight is 257 g/mol. The second-order valence-corrected chi connectivity index (χ2v) is 4.47. The first-order valence-corrected chi connectivity index (χ1v) is 6.13. The van der Waals surface area contributed by atoms with Crippen LogP contribution in [-0.2, 0) is 0 Å². The van der Waals surface area contributed by atoms with Crippen LogP contribution in [0.4, 0.5) is 11.5 Å². The van der Waals surface area contributed by atoms with E-state index in [1.54, 1.807) is 0 Å². The van der Waals surface area contributed by atoms with Crippen LogP contribution in [0.25, 0.3) is 0 Å². The van der Waals surface area contributed by atoms with E-state index in [4.69, 9.17) is 12.2 Å². The number of para-hydroxylation sites is 1. The van der Waals surface area contributed by atoms with Crippen LogP contribution in [-0.4, -0.2) is 10.1 Å². The Morgan fingerprint density at radius 3 is 2.50 bits per heavy atom. The van der Waals surface area contributed by atoms with Crippen LogP contribution in [0.2, 0.25) is 0 Å². The van der Waals surface area contributed by atoms with Crippen LogP contribution in [0, 0.1) is 13.8 Å². The average Bonchev–Trinajstić information content (AvgIpc) is 2.32. The summed E-state index contributed by atoms with van der Waals surface area (Å²) in [6.45, 7) is 3.98. The fourth-order valence-corrected chi connectivity index (χ4v) is 1.81. The first-order valence-electron chi connectivity index (χ1n) is 5.72. The van der Waals surface area contributed by atoms with Gasteiger partial charge in [-0.3, -0.25) is 0 Å². The van der Waals surface area contributed by atoms with Gasteiger partial charge in [0.1, 0.15) is 5.82 Å². The molecule has 2 rings (SSSR count). The molecule has 0 amide bonds. The second-order valence-electron chi connectivity index (χ2n) is 4.06. The summed E-state index contributed by atoms with van der Waals surface area (Å²) in [6, 6.07) is 13.8. The van der Waals surface area contributed by atoms with Crippen molar-refractivity contribution in [3.63, 3.8) is 0 Å². The van der Waals surface area contributed by atoms with Crippen LogP contribution < -0.4 is 10.6 Å². The molecule has 2 aromatic rings. The van der Waals surface area contributed by atoms with Crippen molar-refractivity contribution in [2.24, 2.45) is 0 Å². The van der Waals surface area contributed by atoms with Crippen molar-refractivity contribution >= 4 is 28.8 Å². The summed E-state index contributed by atoms with van der Waals surface area (Å²) in [5.41, 5.74) is 3.11. The van der Waals surface area contributed by atoms with Gasteiger partial charge in [-0.05, 0) is 49.8 Å². The van der Waals surface area contributed by atoms with Crippen molar-refractivity contribution in [1.82, 2.24) is 4.98 Å². The highest BCUT2D eigenvalue weighted by molar-refractivity contribution is 7.80. The maximum Gasteiger partial charge on any atom is 0.176 e. The molecule has 0 saturated carbocycles. The molecule has 18 heavy (non-hydrogen) atoms. The molecule has 0 saturated heterocycles. The minimum absolute atomic E-state index is 0.544. The van der Waals surface area contributed by atoms with Crippen LogP contribution in [0.5, 0.6) is 0 Å². The smallest absolute Gasteiger partial charge is 0.176 e. The molecule has 0 bridgehead atoms. The summed E-state index contributed by atoms with van der Waals surface area (Å²) in [5.74, 6) is 0.751. The SMILES string of the molecule is Cc1cccc(NC(=S)Nc2ccccc2C)n1. The van der Waals surface area contributed by atoms with Gasteiger partial charge in [-0.15, -0.1) is 0 Å². The van der Waals surface area contributed by atoms with Gasteiger partial charge in [-0.2, -0.15) is 0 Å². The molecule has 4 heteroatoms. The Hall–Kier alpha value is -1.94. The molecular weight excluding hydrogens is 242 g/mol. The van der Waals surface area contributed by atoms with Gasteiger partial charge in [-0.25, -0.2) is 4.98 Å². The molecule has 0 radical (unpaired) electrons. The minimum Gasteiger partial charge on any atom is -0.332 e. The Morgan fingerprint density at radius 2 is 1.78 bits per heavy atom. The number of pyridine rings is 1. The summed E-state index contributed by atoms with van der Waals surface area (Å²) < 4.78 is 0. The first kappa shape index (κ1) is 12.5. The highest BCUT2D eigenvalue weighted by Gasteiger charge is 2.01. The number of hydrogen-bond acceptors (Lipinski definition) is 2. The maximum atomic E-state index is 5.26. The third kappa shape index (κ3) is 3.28.